The van der Waals surface area contributed by atoms with E-state index < -0.39 is 10.0 Å². The lowest BCUT2D eigenvalue weighted by atomic mass is 10.1. The van der Waals surface area contributed by atoms with Crippen molar-refractivity contribution in [2.45, 2.75) is 65.1 Å². The van der Waals surface area contributed by atoms with Gasteiger partial charge in [0.05, 0.1) is 11.4 Å². The van der Waals surface area contributed by atoms with Crippen molar-refractivity contribution in [3.63, 3.8) is 0 Å². The Morgan fingerprint density at radius 1 is 1.32 bits per heavy atom. The minimum absolute atomic E-state index is 0.0452. The van der Waals surface area contributed by atoms with Crippen molar-refractivity contribution in [1.29, 1.82) is 0 Å². The molecule has 2 heterocycles. The van der Waals surface area contributed by atoms with Crippen LogP contribution in [0, 0.1) is 19.8 Å². The van der Waals surface area contributed by atoms with E-state index in [1.165, 1.54) is 0 Å². The molecule has 0 saturated carbocycles. The molecule has 0 aliphatic carbocycles. The molecule has 6 nitrogen and oxygen atoms in total. The van der Waals surface area contributed by atoms with Crippen LogP contribution >= 0.6 is 0 Å². The van der Waals surface area contributed by atoms with Crippen molar-refractivity contribution in [3.8, 4) is 0 Å². The summed E-state index contributed by atoms with van der Waals surface area (Å²) >= 11 is 0. The molecule has 1 saturated heterocycles. The van der Waals surface area contributed by atoms with Crippen LogP contribution in [0.3, 0.4) is 0 Å². The first kappa shape index (κ1) is 17.4. The van der Waals surface area contributed by atoms with E-state index >= 15 is 0 Å². The second kappa shape index (κ2) is 6.29. The molecule has 1 aromatic heterocycles. The van der Waals surface area contributed by atoms with E-state index in [-0.39, 0.29) is 6.04 Å². The molecule has 0 amide bonds. The zero-order valence-electron chi connectivity index (χ0n) is 14.4. The van der Waals surface area contributed by atoms with Crippen LogP contribution in [-0.4, -0.2) is 48.3 Å². The average molecular weight is 328 g/mol. The SMILES string of the molecule is CCn1nc(C)c(S(=O)(=O)N[C@H]2CN(C(C)C)C[C@@H]2C)c1C. The largest absolute Gasteiger partial charge is 0.299 e. The molecule has 1 N–H and O–H groups in total. The molecule has 0 bridgehead atoms. The number of hydrogen-bond acceptors (Lipinski definition) is 4. The molecule has 126 valence electrons. The van der Waals surface area contributed by atoms with Crippen molar-refractivity contribution in [1.82, 2.24) is 19.4 Å². The fourth-order valence-electron chi connectivity index (χ4n) is 3.21. The zero-order chi connectivity index (χ0) is 16.7. The third-order valence-corrected chi connectivity index (χ3v) is 6.30. The molecule has 0 radical (unpaired) electrons. The Balaban J connectivity index is 2.24. The maximum Gasteiger partial charge on any atom is 0.244 e. The summed E-state index contributed by atoms with van der Waals surface area (Å²) in [5.41, 5.74) is 1.28. The number of sulfonamides is 1. The summed E-state index contributed by atoms with van der Waals surface area (Å²) in [6, 6.07) is 0.388. The number of likely N-dealkylation sites (tertiary alicyclic amines) is 1. The Morgan fingerprint density at radius 3 is 2.41 bits per heavy atom. The molecule has 0 aromatic carbocycles. The number of nitrogens with one attached hydrogen (secondary N) is 1. The first-order valence-corrected chi connectivity index (χ1v) is 9.46. The second-order valence-corrected chi connectivity index (χ2v) is 8.22. The Labute approximate surface area is 133 Å². The fraction of sp³-hybridized carbons (Fsp3) is 0.800. The Kier molecular flexibility index (Phi) is 4.99. The van der Waals surface area contributed by atoms with Crippen LogP contribution in [-0.2, 0) is 16.6 Å². The van der Waals surface area contributed by atoms with Crippen molar-refractivity contribution in [2.75, 3.05) is 13.1 Å². The molecule has 2 atom stereocenters. The van der Waals surface area contributed by atoms with Crippen LogP contribution < -0.4 is 4.72 Å². The average Bonchev–Trinajstić information content (AvgIpc) is 2.90. The molecule has 1 aromatic rings. The van der Waals surface area contributed by atoms with E-state index in [2.05, 4.69) is 35.5 Å². The van der Waals surface area contributed by atoms with E-state index in [4.69, 9.17) is 0 Å². The van der Waals surface area contributed by atoms with Crippen LogP contribution in [0.15, 0.2) is 4.90 Å². The molecule has 1 aliphatic heterocycles. The summed E-state index contributed by atoms with van der Waals surface area (Å²) < 4.78 is 30.2. The van der Waals surface area contributed by atoms with Gasteiger partial charge >= 0.3 is 0 Å². The van der Waals surface area contributed by atoms with Crippen molar-refractivity contribution < 1.29 is 8.42 Å². The number of nitrogens with zero attached hydrogens (tertiary/aromatic N) is 3. The Hall–Kier alpha value is -0.920. The maximum atomic E-state index is 12.8. The highest BCUT2D eigenvalue weighted by Gasteiger charge is 2.35. The molecule has 0 spiro atoms. The highest BCUT2D eigenvalue weighted by molar-refractivity contribution is 7.89. The number of aromatic nitrogens is 2. The summed E-state index contributed by atoms with van der Waals surface area (Å²) in [5, 5.41) is 4.32. The Bertz CT molecular complexity index is 636. The summed E-state index contributed by atoms with van der Waals surface area (Å²) in [7, 11) is -3.54. The minimum Gasteiger partial charge on any atom is -0.299 e. The van der Waals surface area contributed by atoms with E-state index in [1.807, 2.05) is 13.8 Å². The van der Waals surface area contributed by atoms with Crippen molar-refractivity contribution in [2.24, 2.45) is 5.92 Å². The predicted octanol–water partition coefficient (Wildman–Crippen LogP) is 1.53. The van der Waals surface area contributed by atoms with Gasteiger partial charge in [-0.1, -0.05) is 6.92 Å². The van der Waals surface area contributed by atoms with Crippen LogP contribution in [0.4, 0.5) is 0 Å². The number of aryl methyl sites for hydroxylation is 2. The standard InChI is InChI=1S/C15H28N4O2S/c1-7-19-13(6)15(12(5)16-19)22(20,21)17-14-9-18(10(2)3)8-11(14)4/h10-11,14,17H,7-9H2,1-6H3/t11-,14-/m0/s1. The molecule has 22 heavy (non-hydrogen) atoms. The molecular weight excluding hydrogens is 300 g/mol. The van der Waals surface area contributed by atoms with E-state index in [0.29, 0.717) is 34.8 Å². The smallest absolute Gasteiger partial charge is 0.244 e. The second-order valence-electron chi connectivity index (χ2n) is 6.57. The van der Waals surface area contributed by atoms with Gasteiger partial charge in [0, 0.05) is 31.7 Å². The Morgan fingerprint density at radius 2 is 1.95 bits per heavy atom. The first-order valence-electron chi connectivity index (χ1n) is 7.97. The van der Waals surface area contributed by atoms with Crippen LogP contribution in [0.5, 0.6) is 0 Å². The quantitative estimate of drug-likeness (QED) is 0.890. The van der Waals surface area contributed by atoms with Gasteiger partial charge in [-0.05, 0) is 40.5 Å². The topological polar surface area (TPSA) is 67.2 Å². The fourth-order valence-corrected chi connectivity index (χ4v) is 4.96. The monoisotopic (exact) mass is 328 g/mol. The predicted molar refractivity (Wildman–Crippen MR) is 87.4 cm³/mol. The lowest BCUT2D eigenvalue weighted by Gasteiger charge is -2.20. The third kappa shape index (κ3) is 3.21. The lowest BCUT2D eigenvalue weighted by molar-refractivity contribution is 0.265. The van der Waals surface area contributed by atoms with Gasteiger partial charge in [-0.3, -0.25) is 9.58 Å². The van der Waals surface area contributed by atoms with E-state index in [9.17, 15) is 8.42 Å². The molecule has 1 aliphatic rings. The lowest BCUT2D eigenvalue weighted by Crippen LogP contribution is -2.40. The molecule has 7 heteroatoms. The van der Waals surface area contributed by atoms with Gasteiger partial charge in [0.2, 0.25) is 10.0 Å². The summed E-state index contributed by atoms with van der Waals surface area (Å²) in [6.45, 7) is 14.3. The van der Waals surface area contributed by atoms with Gasteiger partial charge in [-0.2, -0.15) is 5.10 Å². The first-order chi connectivity index (χ1) is 10.2. The molecular formula is C15H28N4O2S. The van der Waals surface area contributed by atoms with Crippen LogP contribution in [0.1, 0.15) is 39.1 Å². The van der Waals surface area contributed by atoms with Gasteiger partial charge in [0.25, 0.3) is 0 Å². The molecule has 2 rings (SSSR count). The summed E-state index contributed by atoms with van der Waals surface area (Å²) in [6.07, 6.45) is 0. The van der Waals surface area contributed by atoms with Crippen molar-refractivity contribution >= 4 is 10.0 Å². The van der Waals surface area contributed by atoms with Gasteiger partial charge < -0.3 is 0 Å². The van der Waals surface area contributed by atoms with Crippen LogP contribution in [0.2, 0.25) is 0 Å². The third-order valence-electron chi connectivity index (χ3n) is 4.56. The van der Waals surface area contributed by atoms with E-state index in [0.717, 1.165) is 13.1 Å². The van der Waals surface area contributed by atoms with Gasteiger partial charge in [0.1, 0.15) is 4.90 Å². The molecule has 1 fully saturated rings. The number of rotatable bonds is 5. The molecule has 0 unspecified atom stereocenters. The van der Waals surface area contributed by atoms with Gasteiger partial charge in [-0.25, -0.2) is 13.1 Å². The minimum atomic E-state index is -3.54. The summed E-state index contributed by atoms with van der Waals surface area (Å²) in [5.74, 6) is 0.305. The maximum absolute atomic E-state index is 12.8. The summed E-state index contributed by atoms with van der Waals surface area (Å²) in [4.78, 5) is 2.65. The van der Waals surface area contributed by atoms with E-state index in [1.54, 1.807) is 11.6 Å². The van der Waals surface area contributed by atoms with Gasteiger partial charge in [-0.15, -0.1) is 0 Å². The highest BCUT2D eigenvalue weighted by Crippen LogP contribution is 2.24. The normalized spacial score (nSPS) is 23.6. The van der Waals surface area contributed by atoms with Crippen LogP contribution in [0.25, 0.3) is 0 Å². The highest BCUT2D eigenvalue weighted by atomic mass is 32.2. The zero-order valence-corrected chi connectivity index (χ0v) is 15.2. The number of hydrogen-bond donors (Lipinski definition) is 1. The van der Waals surface area contributed by atoms with Crippen molar-refractivity contribution in [3.05, 3.63) is 11.4 Å². The van der Waals surface area contributed by atoms with Gasteiger partial charge in [0.15, 0.2) is 0 Å².